The van der Waals surface area contributed by atoms with Crippen molar-refractivity contribution >= 4 is 35.1 Å². The smallest absolute Gasteiger partial charge is 0.344 e. The van der Waals surface area contributed by atoms with Crippen LogP contribution < -0.4 is 0 Å². The molecule has 0 fully saturated rings. The Morgan fingerprint density at radius 1 is 0.871 bits per heavy atom. The number of hydrogen-bond donors (Lipinski definition) is 0. The third-order valence-corrected chi connectivity index (χ3v) is 4.97. The second-order valence-electron chi connectivity index (χ2n) is 6.59. The number of ether oxygens (including phenoxy) is 1. The number of carbonyl (C=O) groups excluding carboxylic acids is 1. The first kappa shape index (κ1) is 20.8. The van der Waals surface area contributed by atoms with E-state index in [0.29, 0.717) is 32.6 Å². The second-order valence-corrected chi connectivity index (χ2v) is 7.46. The van der Waals surface area contributed by atoms with Gasteiger partial charge in [-0.1, -0.05) is 53.5 Å². The van der Waals surface area contributed by atoms with Gasteiger partial charge in [0.2, 0.25) is 5.90 Å². The molecule has 0 saturated heterocycles. The van der Waals surface area contributed by atoms with Crippen LogP contribution in [0.25, 0.3) is 11.3 Å². The van der Waals surface area contributed by atoms with Gasteiger partial charge < -0.3 is 4.74 Å². The number of nitrogens with zero attached hydrogens (tertiary/aromatic N) is 4. The van der Waals surface area contributed by atoms with E-state index in [1.54, 1.807) is 48.5 Å². The van der Waals surface area contributed by atoms with Gasteiger partial charge in [-0.05, 0) is 60.7 Å². The lowest BCUT2D eigenvalue weighted by Gasteiger charge is -2.09. The molecule has 1 heterocycles. The zero-order chi connectivity index (χ0) is 21.8. The van der Waals surface area contributed by atoms with Crippen molar-refractivity contribution in [2.45, 2.75) is 6.92 Å². The Bertz CT molecular complexity index is 1240. The minimum absolute atomic E-state index is 0.0595. The molecule has 0 bridgehead atoms. The summed E-state index contributed by atoms with van der Waals surface area (Å²) >= 11 is 11.9. The third kappa shape index (κ3) is 4.82. The first-order chi connectivity index (χ1) is 15.0. The largest absolute Gasteiger partial charge is 0.402 e. The zero-order valence-electron chi connectivity index (χ0n) is 16.4. The number of aromatic nitrogens is 3. The van der Waals surface area contributed by atoms with E-state index in [1.165, 1.54) is 4.79 Å². The molecule has 4 rings (SSSR count). The summed E-state index contributed by atoms with van der Waals surface area (Å²) in [4.78, 5) is 14.0. The fraction of sp³-hybridized carbons (Fsp3) is 0.0435. The first-order valence-electron chi connectivity index (χ1n) is 9.31. The Labute approximate surface area is 188 Å². The molecule has 0 unspecified atom stereocenters. The predicted molar refractivity (Wildman–Crippen MR) is 120 cm³/mol. The molecule has 0 N–H and O–H groups in total. The average Bonchev–Trinajstić information content (AvgIpc) is 3.15. The van der Waals surface area contributed by atoms with E-state index in [2.05, 4.69) is 15.4 Å². The molecular weight excluding hydrogens is 435 g/mol. The summed E-state index contributed by atoms with van der Waals surface area (Å²) in [5.41, 5.74) is 3.19. The molecule has 0 aliphatic heterocycles. The highest BCUT2D eigenvalue weighted by Gasteiger charge is 2.17. The highest BCUT2D eigenvalue weighted by atomic mass is 35.5. The van der Waals surface area contributed by atoms with Crippen LogP contribution in [0.15, 0.2) is 84.0 Å². The first-order valence-corrected chi connectivity index (χ1v) is 10.1. The van der Waals surface area contributed by atoms with Crippen molar-refractivity contribution in [1.29, 1.82) is 0 Å². The fourth-order valence-corrected chi connectivity index (χ4v) is 3.08. The van der Waals surface area contributed by atoms with Crippen LogP contribution in [0.3, 0.4) is 0 Å². The normalized spacial score (nSPS) is 11.4. The van der Waals surface area contributed by atoms with Crippen molar-refractivity contribution in [2.24, 2.45) is 5.10 Å². The van der Waals surface area contributed by atoms with Crippen molar-refractivity contribution in [3.05, 3.63) is 106 Å². The maximum Gasteiger partial charge on any atom is 0.344 e. The van der Waals surface area contributed by atoms with Crippen LogP contribution in [0.4, 0.5) is 0 Å². The lowest BCUT2D eigenvalue weighted by molar-refractivity contribution is 0.0716. The molecule has 0 aliphatic rings. The topological polar surface area (TPSA) is 69.4 Å². The molecule has 4 aromatic rings. The van der Waals surface area contributed by atoms with Gasteiger partial charge in [-0.2, -0.15) is 0 Å². The van der Waals surface area contributed by atoms with Gasteiger partial charge in [0, 0.05) is 21.2 Å². The van der Waals surface area contributed by atoms with E-state index in [9.17, 15) is 4.79 Å². The summed E-state index contributed by atoms with van der Waals surface area (Å²) in [6, 6.07) is 22.8. The van der Waals surface area contributed by atoms with Crippen LogP contribution in [0, 0.1) is 6.92 Å². The van der Waals surface area contributed by atoms with Gasteiger partial charge in [0.15, 0.2) is 0 Å². The predicted octanol–water partition coefficient (Wildman–Crippen LogP) is 5.63. The van der Waals surface area contributed by atoms with Gasteiger partial charge in [-0.15, -0.1) is 15.0 Å². The Hall–Kier alpha value is -3.48. The van der Waals surface area contributed by atoms with E-state index in [-0.39, 0.29) is 5.90 Å². The van der Waals surface area contributed by atoms with Crippen LogP contribution in [0.5, 0.6) is 0 Å². The summed E-state index contributed by atoms with van der Waals surface area (Å²) < 4.78 is 5.61. The summed E-state index contributed by atoms with van der Waals surface area (Å²) in [5, 5.41) is 13.8. The quantitative estimate of drug-likeness (QED) is 0.229. The number of halogens is 2. The number of carbonyl (C=O) groups is 1. The molecule has 0 spiro atoms. The molecule has 154 valence electrons. The van der Waals surface area contributed by atoms with Gasteiger partial charge in [-0.3, -0.25) is 0 Å². The molecule has 0 aliphatic carbocycles. The molecule has 31 heavy (non-hydrogen) atoms. The van der Waals surface area contributed by atoms with Gasteiger partial charge >= 0.3 is 5.97 Å². The van der Waals surface area contributed by atoms with E-state index in [0.717, 1.165) is 5.56 Å². The minimum Gasteiger partial charge on any atom is -0.402 e. The molecule has 3 aromatic carbocycles. The highest BCUT2D eigenvalue weighted by Crippen LogP contribution is 2.20. The van der Waals surface area contributed by atoms with E-state index in [1.807, 2.05) is 37.3 Å². The van der Waals surface area contributed by atoms with Gasteiger partial charge in [-0.25, -0.2) is 4.79 Å². The van der Waals surface area contributed by atoms with Crippen molar-refractivity contribution in [2.75, 3.05) is 0 Å². The molecule has 0 saturated carbocycles. The van der Waals surface area contributed by atoms with Gasteiger partial charge in [0.25, 0.3) is 0 Å². The SMILES string of the molecule is Cc1c(-c2ccccc2)nnn1N=C(OC(=O)c1ccc(Cl)cc1)c1ccc(Cl)cc1. The number of hydrogen-bond acceptors (Lipinski definition) is 5. The lowest BCUT2D eigenvalue weighted by Crippen LogP contribution is -2.16. The zero-order valence-corrected chi connectivity index (χ0v) is 17.9. The Kier molecular flexibility index (Phi) is 6.11. The molecule has 0 radical (unpaired) electrons. The third-order valence-electron chi connectivity index (χ3n) is 4.47. The van der Waals surface area contributed by atoms with E-state index < -0.39 is 5.97 Å². The maximum atomic E-state index is 12.7. The molecule has 0 atom stereocenters. The van der Waals surface area contributed by atoms with Crippen LogP contribution in [-0.2, 0) is 4.74 Å². The van der Waals surface area contributed by atoms with Crippen LogP contribution >= 0.6 is 23.2 Å². The molecular formula is C23H16Cl2N4O2. The van der Waals surface area contributed by atoms with Crippen LogP contribution in [-0.4, -0.2) is 27.0 Å². The molecule has 6 nitrogen and oxygen atoms in total. The average molecular weight is 451 g/mol. The van der Waals surface area contributed by atoms with Crippen molar-refractivity contribution in [3.8, 4) is 11.3 Å². The number of esters is 1. The Balaban J connectivity index is 1.72. The Morgan fingerprint density at radius 3 is 2.06 bits per heavy atom. The van der Waals surface area contributed by atoms with E-state index in [4.69, 9.17) is 27.9 Å². The van der Waals surface area contributed by atoms with Crippen LogP contribution in [0.1, 0.15) is 21.6 Å². The lowest BCUT2D eigenvalue weighted by atomic mass is 10.1. The second kappa shape index (κ2) is 9.12. The summed E-state index contributed by atoms with van der Waals surface area (Å²) in [6.45, 7) is 1.84. The monoisotopic (exact) mass is 450 g/mol. The summed E-state index contributed by atoms with van der Waals surface area (Å²) in [7, 11) is 0. The van der Waals surface area contributed by atoms with Gasteiger partial charge in [0.05, 0.1) is 11.3 Å². The molecule has 8 heteroatoms. The van der Waals surface area contributed by atoms with Crippen LogP contribution in [0.2, 0.25) is 10.0 Å². The molecule has 0 amide bonds. The fourth-order valence-electron chi connectivity index (χ4n) is 2.83. The highest BCUT2D eigenvalue weighted by molar-refractivity contribution is 6.31. The van der Waals surface area contributed by atoms with Gasteiger partial charge in [0.1, 0.15) is 5.69 Å². The summed E-state index contributed by atoms with van der Waals surface area (Å²) in [5.74, 6) is -0.518. The van der Waals surface area contributed by atoms with Crippen molar-refractivity contribution < 1.29 is 9.53 Å². The summed E-state index contributed by atoms with van der Waals surface area (Å²) in [6.07, 6.45) is 0. The van der Waals surface area contributed by atoms with Crippen molar-refractivity contribution in [1.82, 2.24) is 15.1 Å². The maximum absolute atomic E-state index is 12.7. The molecule has 1 aromatic heterocycles. The number of rotatable bonds is 4. The van der Waals surface area contributed by atoms with Crippen molar-refractivity contribution in [3.63, 3.8) is 0 Å². The van der Waals surface area contributed by atoms with E-state index >= 15 is 0 Å². The minimum atomic E-state index is -0.577. The standard InChI is InChI=1S/C23H16Cl2N4O2/c1-15-21(16-5-3-2-4-6-16)26-28-29(15)27-22(17-7-11-19(24)12-8-17)31-23(30)18-9-13-20(25)14-10-18/h2-14H,1H3. The Morgan fingerprint density at radius 2 is 1.45 bits per heavy atom. The number of benzene rings is 3.